The molecule has 2 aliphatic heterocycles. The molecule has 2 aliphatic rings. The van der Waals surface area contributed by atoms with Crippen molar-refractivity contribution in [2.24, 2.45) is 0 Å². The van der Waals surface area contributed by atoms with Gasteiger partial charge in [0.2, 0.25) is 0 Å². The molecule has 0 saturated carbocycles. The highest BCUT2D eigenvalue weighted by Crippen LogP contribution is 2.39. The quantitative estimate of drug-likeness (QED) is 0.522. The molecule has 11 heavy (non-hydrogen) atoms. The standard InChI is InChI=1S/C9H17NO/c1-8-6-9(11-8)4-3-5-10(2)7-9/h8H,3-7H2,1-2H3. The second-order valence-electron chi connectivity index (χ2n) is 4.16. The second kappa shape index (κ2) is 2.46. The van der Waals surface area contributed by atoms with E-state index in [1.165, 1.54) is 25.8 Å². The normalized spacial score (nSPS) is 45.8. The molecule has 2 saturated heterocycles. The maximum absolute atomic E-state index is 5.80. The van der Waals surface area contributed by atoms with E-state index in [2.05, 4.69) is 18.9 Å². The zero-order valence-corrected chi connectivity index (χ0v) is 7.47. The van der Waals surface area contributed by atoms with Crippen molar-refractivity contribution in [2.75, 3.05) is 20.1 Å². The topological polar surface area (TPSA) is 12.5 Å². The van der Waals surface area contributed by atoms with Gasteiger partial charge < -0.3 is 9.64 Å². The monoisotopic (exact) mass is 155 g/mol. The van der Waals surface area contributed by atoms with Crippen LogP contribution in [-0.2, 0) is 4.74 Å². The highest BCUT2D eigenvalue weighted by Gasteiger charge is 2.45. The lowest BCUT2D eigenvalue weighted by molar-refractivity contribution is -0.218. The summed E-state index contributed by atoms with van der Waals surface area (Å²) >= 11 is 0. The molecule has 1 spiro atoms. The van der Waals surface area contributed by atoms with Gasteiger partial charge in [-0.3, -0.25) is 0 Å². The zero-order valence-electron chi connectivity index (χ0n) is 7.47. The van der Waals surface area contributed by atoms with Gasteiger partial charge in [0.25, 0.3) is 0 Å². The largest absolute Gasteiger partial charge is 0.371 e. The third-order valence-corrected chi connectivity index (χ3v) is 2.84. The van der Waals surface area contributed by atoms with E-state index in [-0.39, 0.29) is 5.60 Å². The Morgan fingerprint density at radius 2 is 2.27 bits per heavy atom. The molecular weight excluding hydrogens is 138 g/mol. The lowest BCUT2D eigenvalue weighted by atomic mass is 9.82. The Bertz CT molecular complexity index is 146. The van der Waals surface area contributed by atoms with Crippen molar-refractivity contribution >= 4 is 0 Å². The van der Waals surface area contributed by atoms with Crippen molar-refractivity contribution < 1.29 is 4.74 Å². The molecule has 2 unspecified atom stereocenters. The van der Waals surface area contributed by atoms with E-state index in [0.29, 0.717) is 6.10 Å². The Morgan fingerprint density at radius 1 is 1.55 bits per heavy atom. The Hall–Kier alpha value is -0.0800. The first-order chi connectivity index (χ1) is 5.20. The van der Waals surface area contributed by atoms with E-state index in [1.54, 1.807) is 0 Å². The van der Waals surface area contributed by atoms with Gasteiger partial charge in [-0.25, -0.2) is 0 Å². The molecule has 64 valence electrons. The molecule has 0 amide bonds. The first kappa shape index (κ1) is 7.56. The summed E-state index contributed by atoms with van der Waals surface area (Å²) in [4.78, 5) is 2.38. The number of likely N-dealkylation sites (N-methyl/N-ethyl adjacent to an activating group) is 1. The minimum atomic E-state index is 0.270. The van der Waals surface area contributed by atoms with Crippen molar-refractivity contribution in [3.8, 4) is 0 Å². The highest BCUT2D eigenvalue weighted by molar-refractivity contribution is 4.96. The summed E-state index contributed by atoms with van der Waals surface area (Å²) in [7, 11) is 2.19. The van der Waals surface area contributed by atoms with E-state index in [1.807, 2.05) is 0 Å². The van der Waals surface area contributed by atoms with Crippen LogP contribution in [0.3, 0.4) is 0 Å². The molecule has 0 aromatic heterocycles. The molecule has 2 rings (SSSR count). The fraction of sp³-hybridized carbons (Fsp3) is 1.00. The van der Waals surface area contributed by atoms with Crippen LogP contribution < -0.4 is 0 Å². The van der Waals surface area contributed by atoms with E-state index < -0.39 is 0 Å². The van der Waals surface area contributed by atoms with Crippen molar-refractivity contribution in [3.05, 3.63) is 0 Å². The van der Waals surface area contributed by atoms with Crippen LogP contribution in [0.15, 0.2) is 0 Å². The van der Waals surface area contributed by atoms with Gasteiger partial charge >= 0.3 is 0 Å². The van der Waals surface area contributed by atoms with Gasteiger partial charge in [0.1, 0.15) is 0 Å². The summed E-state index contributed by atoms with van der Waals surface area (Å²) in [5.74, 6) is 0. The molecule has 2 atom stereocenters. The number of hydrogen-bond acceptors (Lipinski definition) is 2. The molecule has 0 aromatic rings. The molecule has 2 heteroatoms. The number of hydrogen-bond donors (Lipinski definition) is 0. The molecule has 0 N–H and O–H groups in total. The van der Waals surface area contributed by atoms with Gasteiger partial charge in [-0.05, 0) is 33.4 Å². The summed E-state index contributed by atoms with van der Waals surface area (Å²) < 4.78 is 5.80. The molecule has 0 aliphatic carbocycles. The number of ether oxygens (including phenoxy) is 1. The lowest BCUT2D eigenvalue weighted by Crippen LogP contribution is -2.58. The van der Waals surface area contributed by atoms with Crippen LogP contribution in [-0.4, -0.2) is 36.7 Å². The SMILES string of the molecule is CC1CC2(CCCN(C)C2)O1. The minimum absolute atomic E-state index is 0.270. The van der Waals surface area contributed by atoms with Crippen molar-refractivity contribution in [3.63, 3.8) is 0 Å². The van der Waals surface area contributed by atoms with Crippen molar-refractivity contribution in [2.45, 2.75) is 37.9 Å². The predicted molar refractivity (Wildman–Crippen MR) is 44.6 cm³/mol. The number of rotatable bonds is 0. The van der Waals surface area contributed by atoms with Gasteiger partial charge in [0.15, 0.2) is 0 Å². The first-order valence-corrected chi connectivity index (χ1v) is 4.57. The van der Waals surface area contributed by atoms with Crippen molar-refractivity contribution in [1.82, 2.24) is 4.90 Å². The van der Waals surface area contributed by atoms with E-state index in [9.17, 15) is 0 Å². The Labute approximate surface area is 68.5 Å². The van der Waals surface area contributed by atoms with E-state index >= 15 is 0 Å². The summed E-state index contributed by atoms with van der Waals surface area (Å²) in [6.07, 6.45) is 4.38. The van der Waals surface area contributed by atoms with E-state index in [0.717, 1.165) is 6.54 Å². The Kier molecular flexibility index (Phi) is 1.69. The highest BCUT2D eigenvalue weighted by atomic mass is 16.5. The Balaban J connectivity index is 1.93. The molecular formula is C9H17NO. The molecule has 0 aromatic carbocycles. The smallest absolute Gasteiger partial charge is 0.0837 e. The summed E-state index contributed by atoms with van der Waals surface area (Å²) in [5.41, 5.74) is 0.270. The van der Waals surface area contributed by atoms with Crippen LogP contribution in [0, 0.1) is 0 Å². The average Bonchev–Trinajstić information content (AvgIpc) is 1.84. The zero-order chi connectivity index (χ0) is 7.90. The maximum atomic E-state index is 5.80. The molecule has 2 fully saturated rings. The van der Waals surface area contributed by atoms with Crippen LogP contribution in [0.2, 0.25) is 0 Å². The van der Waals surface area contributed by atoms with Gasteiger partial charge in [-0.1, -0.05) is 0 Å². The van der Waals surface area contributed by atoms with Crippen LogP contribution in [0.1, 0.15) is 26.2 Å². The fourth-order valence-electron chi connectivity index (χ4n) is 2.53. The second-order valence-corrected chi connectivity index (χ2v) is 4.16. The van der Waals surface area contributed by atoms with Gasteiger partial charge in [-0.15, -0.1) is 0 Å². The van der Waals surface area contributed by atoms with Gasteiger partial charge in [0, 0.05) is 13.0 Å². The summed E-state index contributed by atoms with van der Waals surface area (Å²) in [6, 6.07) is 0. The lowest BCUT2D eigenvalue weighted by Gasteiger charge is -2.51. The molecule has 0 bridgehead atoms. The summed E-state index contributed by atoms with van der Waals surface area (Å²) in [6.45, 7) is 4.57. The van der Waals surface area contributed by atoms with Crippen LogP contribution in [0.5, 0.6) is 0 Å². The molecule has 2 nitrogen and oxygen atoms in total. The number of nitrogens with zero attached hydrogens (tertiary/aromatic N) is 1. The van der Waals surface area contributed by atoms with E-state index in [4.69, 9.17) is 4.74 Å². The summed E-state index contributed by atoms with van der Waals surface area (Å²) in [5, 5.41) is 0. The van der Waals surface area contributed by atoms with Crippen molar-refractivity contribution in [1.29, 1.82) is 0 Å². The van der Waals surface area contributed by atoms with Crippen LogP contribution in [0.4, 0.5) is 0 Å². The van der Waals surface area contributed by atoms with Crippen LogP contribution in [0.25, 0.3) is 0 Å². The van der Waals surface area contributed by atoms with Crippen LogP contribution >= 0.6 is 0 Å². The number of likely N-dealkylation sites (tertiary alicyclic amines) is 1. The third kappa shape index (κ3) is 1.30. The maximum Gasteiger partial charge on any atom is 0.0837 e. The van der Waals surface area contributed by atoms with Gasteiger partial charge in [0.05, 0.1) is 11.7 Å². The van der Waals surface area contributed by atoms with Gasteiger partial charge in [-0.2, -0.15) is 0 Å². The average molecular weight is 155 g/mol. The Morgan fingerprint density at radius 3 is 2.82 bits per heavy atom. The number of piperidine rings is 1. The molecule has 0 radical (unpaired) electrons. The molecule has 2 heterocycles. The first-order valence-electron chi connectivity index (χ1n) is 4.57. The third-order valence-electron chi connectivity index (χ3n) is 2.84. The fourth-order valence-corrected chi connectivity index (χ4v) is 2.53. The predicted octanol–water partition coefficient (Wildman–Crippen LogP) is 1.26. The minimum Gasteiger partial charge on any atom is -0.371 e.